The Kier molecular flexibility index (Phi) is 8.90. The van der Waals surface area contributed by atoms with Gasteiger partial charge in [-0.15, -0.1) is 21.9 Å². The van der Waals surface area contributed by atoms with Crippen LogP contribution in [0.15, 0.2) is 0 Å². The van der Waals surface area contributed by atoms with E-state index in [4.69, 9.17) is 0 Å². The van der Waals surface area contributed by atoms with Crippen LogP contribution < -0.4 is 21.9 Å². The van der Waals surface area contributed by atoms with Gasteiger partial charge < -0.3 is 0 Å². The third kappa shape index (κ3) is 4.39. The molecule has 0 aliphatic rings. The van der Waals surface area contributed by atoms with Crippen molar-refractivity contribution in [2.75, 3.05) is 0 Å². The van der Waals surface area contributed by atoms with Crippen LogP contribution in [0.4, 0.5) is 83.4 Å². The van der Waals surface area contributed by atoms with E-state index >= 15 is 43.9 Å². The predicted octanol–water partition coefficient (Wildman–Crippen LogP) is 6.60. The molecular weight excluding hydrogens is 752 g/mol. The zero-order valence-corrected chi connectivity index (χ0v) is 22.4. The normalized spacial score (nSPS) is 12.0. The van der Waals surface area contributed by atoms with Gasteiger partial charge in [0.25, 0.3) is 0 Å². The van der Waals surface area contributed by atoms with E-state index < -0.39 is 149 Å². The SMILES string of the molecule is Fc1c(F)c(F)c([B-](c2c(F)c(F)c(F)c(F)c2F)(c2c(F)c(F)c(F)c(F)c2F)c2c(F)c(F)c(CBr)c(F)c2F)c(F)c1F. The average molecular weight is 754 g/mol. The second-order valence-electron chi connectivity index (χ2n) is 9.10. The number of hydrogen-bond donors (Lipinski definition) is 0. The second-order valence-corrected chi connectivity index (χ2v) is 9.66. The van der Waals surface area contributed by atoms with Crippen molar-refractivity contribution in [2.24, 2.45) is 0 Å². The minimum Gasteiger partial charge on any atom is -0.207 e. The zero-order chi connectivity index (χ0) is 35.1. The fourth-order valence-electron chi connectivity index (χ4n) is 5.06. The van der Waals surface area contributed by atoms with E-state index in [0.717, 1.165) is 0 Å². The first-order valence-corrected chi connectivity index (χ1v) is 12.5. The summed E-state index contributed by atoms with van der Waals surface area (Å²) in [6.07, 6.45) is -7.07. The van der Waals surface area contributed by atoms with Crippen LogP contribution in [0.3, 0.4) is 0 Å². The molecule has 0 aliphatic carbocycles. The maximum Gasteiger partial charge on any atom is 0.200 e. The molecule has 0 N–H and O–H groups in total. The van der Waals surface area contributed by atoms with Crippen LogP contribution in [0.1, 0.15) is 5.56 Å². The molecule has 0 atom stereocenters. The Balaban J connectivity index is 2.69. The average Bonchev–Trinajstić information content (AvgIpc) is 3.02. The Hall–Kier alpha value is -3.91. The Bertz CT molecular complexity index is 1710. The maximum absolute atomic E-state index is 15.8. The molecule has 0 heterocycles. The molecule has 0 radical (unpaired) electrons. The number of rotatable bonds is 5. The standard InChI is InChI=1S/C25H2BBrF19/c27-1-2-7(28)9(30)3(10(31)8(2)29)26(4-11(32)17(38)23(44)18(39)12(4)33,5-13(34)19(40)24(45)20(41)14(5)35)6-15(36)21(42)25(46)22(43)16(6)37/h1H2/q-1. The van der Waals surface area contributed by atoms with Gasteiger partial charge in [-0.25, -0.2) is 83.4 Å². The molecule has 46 heavy (non-hydrogen) atoms. The van der Waals surface area contributed by atoms with E-state index in [1.165, 1.54) is 0 Å². The summed E-state index contributed by atoms with van der Waals surface area (Å²) >= 11 is 2.30. The molecular formula is C25H2BBrF19-. The van der Waals surface area contributed by atoms with Crippen LogP contribution >= 0.6 is 15.9 Å². The summed E-state index contributed by atoms with van der Waals surface area (Å²) in [4.78, 5) is 0. The fraction of sp³-hybridized carbons (Fsp3) is 0.0400. The zero-order valence-electron chi connectivity index (χ0n) is 20.8. The summed E-state index contributed by atoms with van der Waals surface area (Å²) in [7, 11) is 0. The van der Waals surface area contributed by atoms with Gasteiger partial charge in [0.05, 0.1) is 0 Å². The van der Waals surface area contributed by atoms with Crippen molar-refractivity contribution >= 4 is 43.9 Å². The minimum atomic E-state index is -7.07. The monoisotopic (exact) mass is 753 g/mol. The Morgan fingerprint density at radius 3 is 0.587 bits per heavy atom. The van der Waals surface area contributed by atoms with E-state index in [1.807, 2.05) is 0 Å². The summed E-state index contributed by atoms with van der Waals surface area (Å²) in [5.41, 5.74) is -15.6. The number of alkyl halides is 1. The molecule has 4 aromatic rings. The largest absolute Gasteiger partial charge is 0.207 e. The lowest BCUT2D eigenvalue weighted by atomic mass is 9.12. The smallest absolute Gasteiger partial charge is 0.200 e. The van der Waals surface area contributed by atoms with Gasteiger partial charge in [-0.05, 0) is 0 Å². The van der Waals surface area contributed by atoms with Crippen LogP contribution in [0.25, 0.3) is 0 Å². The molecule has 0 aromatic heterocycles. The highest BCUT2D eigenvalue weighted by molar-refractivity contribution is 9.08. The van der Waals surface area contributed by atoms with E-state index in [-0.39, 0.29) is 0 Å². The first-order valence-electron chi connectivity index (χ1n) is 11.4. The first kappa shape index (κ1) is 35.0. The van der Waals surface area contributed by atoms with Crippen LogP contribution in [0, 0.1) is 111 Å². The summed E-state index contributed by atoms with van der Waals surface area (Å²) in [6.45, 7) is 0. The van der Waals surface area contributed by atoms with Crippen molar-refractivity contribution < 1.29 is 83.4 Å². The number of halogens is 20. The molecule has 0 bridgehead atoms. The van der Waals surface area contributed by atoms with Gasteiger partial charge in [-0.1, -0.05) is 15.9 Å². The molecule has 0 amide bonds. The van der Waals surface area contributed by atoms with E-state index in [9.17, 15) is 39.5 Å². The Labute approximate surface area is 249 Å². The molecule has 0 nitrogen and oxygen atoms in total. The highest BCUT2D eigenvalue weighted by Gasteiger charge is 2.52. The number of benzene rings is 4. The minimum absolute atomic E-state index is 1.31. The Morgan fingerprint density at radius 1 is 0.261 bits per heavy atom. The quantitative estimate of drug-likeness (QED) is 0.0709. The molecule has 4 aromatic carbocycles. The van der Waals surface area contributed by atoms with Crippen LogP contribution in [-0.4, -0.2) is 6.15 Å². The lowest BCUT2D eigenvalue weighted by Gasteiger charge is -2.45. The van der Waals surface area contributed by atoms with E-state index in [2.05, 4.69) is 15.9 Å². The summed E-state index contributed by atoms with van der Waals surface area (Å²) < 4.78 is 284. The fourth-order valence-corrected chi connectivity index (χ4v) is 5.56. The Morgan fingerprint density at radius 2 is 0.413 bits per heavy atom. The predicted molar refractivity (Wildman–Crippen MR) is 122 cm³/mol. The van der Waals surface area contributed by atoms with Gasteiger partial charge in [0, 0.05) is 10.9 Å². The third-order valence-electron chi connectivity index (χ3n) is 6.99. The van der Waals surface area contributed by atoms with Crippen LogP contribution in [0.2, 0.25) is 0 Å². The van der Waals surface area contributed by atoms with Crippen LogP contribution in [-0.2, 0) is 5.33 Å². The topological polar surface area (TPSA) is 0 Å². The molecule has 0 aliphatic heterocycles. The summed E-state index contributed by atoms with van der Waals surface area (Å²) in [5, 5.41) is -1.31. The van der Waals surface area contributed by atoms with Crippen molar-refractivity contribution in [3.05, 3.63) is 116 Å². The summed E-state index contributed by atoms with van der Waals surface area (Å²) in [6, 6.07) is 0. The van der Waals surface area contributed by atoms with Crippen molar-refractivity contribution in [3.63, 3.8) is 0 Å². The molecule has 0 saturated heterocycles. The third-order valence-corrected chi connectivity index (χ3v) is 7.55. The molecule has 21 heteroatoms. The van der Waals surface area contributed by atoms with E-state index in [0.29, 0.717) is 0 Å². The van der Waals surface area contributed by atoms with Crippen LogP contribution in [0.5, 0.6) is 0 Å². The summed E-state index contributed by atoms with van der Waals surface area (Å²) in [5.74, 6) is -64.9. The van der Waals surface area contributed by atoms with Gasteiger partial charge in [0.2, 0.25) is 0 Å². The van der Waals surface area contributed by atoms with Gasteiger partial charge in [-0.2, -0.15) is 0 Å². The maximum atomic E-state index is 15.8. The number of hydrogen-bond acceptors (Lipinski definition) is 0. The van der Waals surface area contributed by atoms with Crippen molar-refractivity contribution in [2.45, 2.75) is 5.33 Å². The molecule has 0 spiro atoms. The first-order chi connectivity index (χ1) is 21.2. The van der Waals surface area contributed by atoms with Crippen molar-refractivity contribution in [1.82, 2.24) is 0 Å². The van der Waals surface area contributed by atoms with Crippen molar-refractivity contribution in [1.29, 1.82) is 0 Å². The van der Waals surface area contributed by atoms with E-state index in [1.54, 1.807) is 0 Å². The van der Waals surface area contributed by atoms with Crippen molar-refractivity contribution in [3.8, 4) is 0 Å². The molecule has 0 unspecified atom stereocenters. The molecule has 0 saturated carbocycles. The lowest BCUT2D eigenvalue weighted by Crippen LogP contribution is -2.81. The highest BCUT2D eigenvalue weighted by atomic mass is 79.9. The van der Waals surface area contributed by atoms with Gasteiger partial charge in [-0.3, -0.25) is 0 Å². The van der Waals surface area contributed by atoms with Gasteiger partial charge in [0.15, 0.2) is 64.0 Å². The molecule has 246 valence electrons. The molecule has 4 rings (SSSR count). The van der Waals surface area contributed by atoms with Gasteiger partial charge in [0.1, 0.15) is 52.7 Å². The highest BCUT2D eigenvalue weighted by Crippen LogP contribution is 2.31. The van der Waals surface area contributed by atoms with Gasteiger partial charge >= 0.3 is 0 Å². The lowest BCUT2D eigenvalue weighted by molar-refractivity contribution is 0.379. The molecule has 0 fully saturated rings. The second kappa shape index (κ2) is 11.7.